The van der Waals surface area contributed by atoms with E-state index in [1.807, 2.05) is 30.3 Å². The van der Waals surface area contributed by atoms with E-state index >= 15 is 0 Å². The van der Waals surface area contributed by atoms with Gasteiger partial charge in [-0.05, 0) is 24.7 Å². The fourth-order valence-corrected chi connectivity index (χ4v) is 2.13. The summed E-state index contributed by atoms with van der Waals surface area (Å²) in [4.78, 5) is 0. The number of aliphatic hydroxyl groups is 2. The molecule has 5 heteroatoms. The van der Waals surface area contributed by atoms with Gasteiger partial charge >= 0.3 is 0 Å². The summed E-state index contributed by atoms with van der Waals surface area (Å²) >= 11 is 0. The molecule has 0 aromatic heterocycles. The maximum atomic E-state index is 10.0. The van der Waals surface area contributed by atoms with Gasteiger partial charge in [-0.25, -0.2) is 0 Å². The van der Waals surface area contributed by atoms with Crippen molar-refractivity contribution in [2.45, 2.75) is 18.8 Å². The Labute approximate surface area is 129 Å². The molecule has 0 saturated heterocycles. The number of nitrogens with one attached hydrogen (secondary N) is 1. The molecule has 2 aromatic rings. The quantitative estimate of drug-likeness (QED) is 0.624. The van der Waals surface area contributed by atoms with E-state index in [9.17, 15) is 15.3 Å². The smallest absolute Gasteiger partial charge is 0.125 e. The Hall–Kier alpha value is -2.08. The van der Waals surface area contributed by atoms with Crippen molar-refractivity contribution < 1.29 is 20.1 Å². The van der Waals surface area contributed by atoms with Crippen molar-refractivity contribution in [2.75, 3.05) is 13.6 Å². The molecule has 0 heterocycles. The first-order chi connectivity index (χ1) is 10.6. The predicted molar refractivity (Wildman–Crippen MR) is 83.8 cm³/mol. The second kappa shape index (κ2) is 7.79. The fraction of sp³-hybridized carbons (Fsp3) is 0.294. The Kier molecular flexibility index (Phi) is 5.77. The predicted octanol–water partition coefficient (Wildman–Crippen LogP) is 1.58. The van der Waals surface area contributed by atoms with Crippen molar-refractivity contribution in [3.63, 3.8) is 0 Å². The second-order valence-corrected chi connectivity index (χ2v) is 5.06. The van der Waals surface area contributed by atoms with E-state index in [0.29, 0.717) is 12.4 Å². The number of ether oxygens (including phenoxy) is 1. The van der Waals surface area contributed by atoms with E-state index in [1.54, 1.807) is 19.2 Å². The van der Waals surface area contributed by atoms with Crippen molar-refractivity contribution >= 4 is 0 Å². The summed E-state index contributed by atoms with van der Waals surface area (Å²) in [5.74, 6) is 0.397. The number of aliphatic hydroxyl groups excluding tert-OH is 2. The molecule has 2 aromatic carbocycles. The second-order valence-electron chi connectivity index (χ2n) is 5.06. The van der Waals surface area contributed by atoms with E-state index in [0.717, 1.165) is 5.56 Å². The van der Waals surface area contributed by atoms with Gasteiger partial charge in [0.2, 0.25) is 0 Å². The largest absolute Gasteiger partial charge is 0.507 e. The number of hydrogen-bond donors (Lipinski definition) is 4. The molecule has 0 saturated carbocycles. The van der Waals surface area contributed by atoms with Gasteiger partial charge in [0.05, 0.1) is 6.10 Å². The molecule has 5 nitrogen and oxygen atoms in total. The van der Waals surface area contributed by atoms with Gasteiger partial charge in [0.25, 0.3) is 0 Å². The molecule has 0 spiro atoms. The number of hydrogen-bond acceptors (Lipinski definition) is 5. The monoisotopic (exact) mass is 303 g/mol. The van der Waals surface area contributed by atoms with Crippen LogP contribution in [-0.2, 0) is 6.61 Å². The van der Waals surface area contributed by atoms with Crippen molar-refractivity contribution in [1.82, 2.24) is 5.32 Å². The van der Waals surface area contributed by atoms with Gasteiger partial charge in [0.1, 0.15) is 24.2 Å². The van der Waals surface area contributed by atoms with Crippen LogP contribution in [-0.4, -0.2) is 35.0 Å². The summed E-state index contributed by atoms with van der Waals surface area (Å²) in [6.07, 6.45) is -2.15. The number of rotatable bonds is 7. The lowest BCUT2D eigenvalue weighted by molar-refractivity contribution is 0.0188. The van der Waals surface area contributed by atoms with Crippen LogP contribution in [0.2, 0.25) is 0 Å². The molecular weight excluding hydrogens is 282 g/mol. The summed E-state index contributed by atoms with van der Waals surface area (Å²) < 4.78 is 5.60. The fourth-order valence-electron chi connectivity index (χ4n) is 2.13. The molecule has 22 heavy (non-hydrogen) atoms. The third kappa shape index (κ3) is 4.21. The number of phenols is 1. The summed E-state index contributed by atoms with van der Waals surface area (Å²) in [6, 6.07) is 14.3. The SMILES string of the molecule is CNCC(O)C(O)c1ccc(OCc2ccccc2)cc1O. The van der Waals surface area contributed by atoms with Gasteiger partial charge in [0.15, 0.2) is 0 Å². The van der Waals surface area contributed by atoms with Crippen molar-refractivity contribution in [3.05, 3.63) is 59.7 Å². The maximum Gasteiger partial charge on any atom is 0.125 e. The van der Waals surface area contributed by atoms with Crippen molar-refractivity contribution in [1.29, 1.82) is 0 Å². The molecule has 0 bridgehead atoms. The van der Waals surface area contributed by atoms with E-state index < -0.39 is 12.2 Å². The number of phenolic OH excluding ortho intramolecular Hbond substituents is 1. The molecule has 2 atom stereocenters. The highest BCUT2D eigenvalue weighted by Crippen LogP contribution is 2.30. The Balaban J connectivity index is 2.03. The molecule has 118 valence electrons. The highest BCUT2D eigenvalue weighted by molar-refractivity contribution is 5.41. The van der Waals surface area contributed by atoms with Crippen LogP contribution in [0.15, 0.2) is 48.5 Å². The molecule has 2 unspecified atom stereocenters. The number of benzene rings is 2. The summed E-state index contributed by atoms with van der Waals surface area (Å²) in [7, 11) is 1.68. The molecule has 0 radical (unpaired) electrons. The van der Waals surface area contributed by atoms with E-state index in [4.69, 9.17) is 4.74 Å². The van der Waals surface area contributed by atoms with E-state index in [-0.39, 0.29) is 17.9 Å². The zero-order valence-corrected chi connectivity index (χ0v) is 12.4. The van der Waals surface area contributed by atoms with Gasteiger partial charge in [0, 0.05) is 18.2 Å². The Morgan fingerprint density at radius 3 is 2.45 bits per heavy atom. The van der Waals surface area contributed by atoms with E-state index in [1.165, 1.54) is 6.07 Å². The standard InChI is InChI=1S/C17H21NO4/c1-18-10-16(20)17(21)14-8-7-13(9-15(14)19)22-11-12-5-3-2-4-6-12/h2-9,16-21H,10-11H2,1H3. The molecule has 0 aliphatic carbocycles. The normalized spacial score (nSPS) is 13.6. The Morgan fingerprint density at radius 1 is 1.09 bits per heavy atom. The lowest BCUT2D eigenvalue weighted by atomic mass is 10.0. The van der Waals surface area contributed by atoms with Crippen molar-refractivity contribution in [3.8, 4) is 11.5 Å². The molecule has 0 aliphatic heterocycles. The molecule has 2 rings (SSSR count). The van der Waals surface area contributed by atoms with Crippen LogP contribution in [0.1, 0.15) is 17.2 Å². The Bertz CT molecular complexity index is 588. The van der Waals surface area contributed by atoms with Gasteiger partial charge in [-0.3, -0.25) is 0 Å². The zero-order chi connectivity index (χ0) is 15.9. The van der Waals surface area contributed by atoms with Crippen LogP contribution in [0.4, 0.5) is 0 Å². The minimum atomic E-state index is -1.16. The van der Waals surface area contributed by atoms with Crippen LogP contribution < -0.4 is 10.1 Å². The van der Waals surface area contributed by atoms with Gasteiger partial charge in [-0.2, -0.15) is 0 Å². The van der Waals surface area contributed by atoms with Crippen LogP contribution >= 0.6 is 0 Å². The summed E-state index contributed by atoms with van der Waals surface area (Å²) in [5, 5.41) is 32.5. The van der Waals surface area contributed by atoms with Gasteiger partial charge in [-0.15, -0.1) is 0 Å². The maximum absolute atomic E-state index is 10.0. The van der Waals surface area contributed by atoms with Crippen LogP contribution in [0.25, 0.3) is 0 Å². The Morgan fingerprint density at radius 2 is 1.82 bits per heavy atom. The molecule has 0 aliphatic rings. The first-order valence-corrected chi connectivity index (χ1v) is 7.12. The zero-order valence-electron chi connectivity index (χ0n) is 12.4. The molecular formula is C17H21NO4. The topological polar surface area (TPSA) is 82.0 Å². The molecule has 0 fully saturated rings. The molecule has 4 N–H and O–H groups in total. The first kappa shape index (κ1) is 16.3. The highest BCUT2D eigenvalue weighted by Gasteiger charge is 2.21. The van der Waals surface area contributed by atoms with Crippen LogP contribution in [0, 0.1) is 0 Å². The average Bonchev–Trinajstić information content (AvgIpc) is 2.53. The lowest BCUT2D eigenvalue weighted by Gasteiger charge is -2.19. The molecule has 0 amide bonds. The summed E-state index contributed by atoms with van der Waals surface area (Å²) in [5.41, 5.74) is 1.30. The number of aromatic hydroxyl groups is 1. The highest BCUT2D eigenvalue weighted by atomic mass is 16.5. The summed E-state index contributed by atoms with van der Waals surface area (Å²) in [6.45, 7) is 0.622. The third-order valence-electron chi connectivity index (χ3n) is 3.35. The van der Waals surface area contributed by atoms with Crippen molar-refractivity contribution in [2.24, 2.45) is 0 Å². The lowest BCUT2D eigenvalue weighted by Crippen LogP contribution is -2.29. The van der Waals surface area contributed by atoms with Gasteiger partial charge < -0.3 is 25.4 Å². The minimum Gasteiger partial charge on any atom is -0.507 e. The third-order valence-corrected chi connectivity index (χ3v) is 3.35. The average molecular weight is 303 g/mol. The van der Waals surface area contributed by atoms with Crippen LogP contribution in [0.3, 0.4) is 0 Å². The van der Waals surface area contributed by atoms with E-state index in [2.05, 4.69) is 5.32 Å². The number of likely N-dealkylation sites (N-methyl/N-ethyl adjacent to an activating group) is 1. The van der Waals surface area contributed by atoms with Crippen LogP contribution in [0.5, 0.6) is 11.5 Å². The van der Waals surface area contributed by atoms with Gasteiger partial charge in [-0.1, -0.05) is 30.3 Å². The first-order valence-electron chi connectivity index (χ1n) is 7.12. The minimum absolute atomic E-state index is 0.104.